The normalized spacial score (nSPS) is 26.4. The lowest BCUT2D eigenvalue weighted by Crippen LogP contribution is -2.30. The zero-order valence-corrected chi connectivity index (χ0v) is 12.5. The summed E-state index contributed by atoms with van der Waals surface area (Å²) < 4.78 is 6.29. The van der Waals surface area contributed by atoms with Gasteiger partial charge >= 0.3 is 0 Å². The van der Waals surface area contributed by atoms with E-state index in [1.165, 1.54) is 50.5 Å². The average Bonchev–Trinajstić information content (AvgIpc) is 3.31. The van der Waals surface area contributed by atoms with Crippen LogP contribution in [0.1, 0.15) is 57.4 Å². The molecule has 0 aliphatic heterocycles. The third-order valence-corrected chi connectivity index (χ3v) is 4.64. The molecule has 2 aliphatic carbocycles. The molecule has 2 atom stereocenters. The van der Waals surface area contributed by atoms with Crippen molar-refractivity contribution in [2.24, 2.45) is 5.92 Å². The van der Waals surface area contributed by atoms with Gasteiger partial charge in [-0.05, 0) is 50.5 Å². The highest BCUT2D eigenvalue weighted by Gasteiger charge is 2.26. The Balaban J connectivity index is 1.65. The van der Waals surface area contributed by atoms with E-state index in [1.54, 1.807) is 0 Å². The van der Waals surface area contributed by atoms with Gasteiger partial charge in [-0.15, -0.1) is 0 Å². The highest BCUT2D eigenvalue weighted by molar-refractivity contribution is 5.25. The quantitative estimate of drug-likeness (QED) is 0.859. The summed E-state index contributed by atoms with van der Waals surface area (Å²) >= 11 is 0. The molecule has 3 nitrogen and oxygen atoms in total. The van der Waals surface area contributed by atoms with E-state index >= 15 is 0 Å². The van der Waals surface area contributed by atoms with Crippen LogP contribution in [0.15, 0.2) is 18.3 Å². The van der Waals surface area contributed by atoms with E-state index in [0.717, 1.165) is 18.5 Å². The summed E-state index contributed by atoms with van der Waals surface area (Å²) in [6.45, 7) is 3.16. The number of nitrogens with zero attached hydrogens (tertiary/aromatic N) is 1. The molecule has 0 radical (unpaired) electrons. The van der Waals surface area contributed by atoms with Gasteiger partial charge in [0.05, 0.1) is 0 Å². The van der Waals surface area contributed by atoms with Gasteiger partial charge in [-0.25, -0.2) is 4.98 Å². The van der Waals surface area contributed by atoms with Crippen LogP contribution in [0.25, 0.3) is 0 Å². The van der Waals surface area contributed by atoms with E-state index in [2.05, 4.69) is 23.3 Å². The molecule has 1 N–H and O–H groups in total. The molecule has 2 fully saturated rings. The summed E-state index contributed by atoms with van der Waals surface area (Å²) in [6.07, 6.45) is 11.2. The van der Waals surface area contributed by atoms with E-state index in [-0.39, 0.29) is 0 Å². The van der Waals surface area contributed by atoms with Gasteiger partial charge < -0.3 is 10.1 Å². The highest BCUT2D eigenvalue weighted by atomic mass is 16.5. The first-order valence-electron chi connectivity index (χ1n) is 8.20. The standard InChI is InChI=1S/C17H26N2O/c1-2-13-6-3-4-8-16(13)20-17-14(7-5-11-18-17)12-19-15-9-10-15/h5,7,11,13,15-16,19H,2-4,6,8-10,12H2,1H3. The van der Waals surface area contributed by atoms with E-state index < -0.39 is 0 Å². The van der Waals surface area contributed by atoms with Gasteiger partial charge in [-0.3, -0.25) is 0 Å². The fourth-order valence-electron chi connectivity index (χ4n) is 3.15. The highest BCUT2D eigenvalue weighted by Crippen LogP contribution is 2.31. The second-order valence-corrected chi connectivity index (χ2v) is 6.23. The van der Waals surface area contributed by atoms with Crippen LogP contribution in [0, 0.1) is 5.92 Å². The number of pyridine rings is 1. The number of hydrogen-bond acceptors (Lipinski definition) is 3. The van der Waals surface area contributed by atoms with Gasteiger partial charge in [0, 0.05) is 24.3 Å². The summed E-state index contributed by atoms with van der Waals surface area (Å²) in [5.41, 5.74) is 1.21. The molecule has 3 rings (SSSR count). The van der Waals surface area contributed by atoms with Crippen molar-refractivity contribution < 1.29 is 4.74 Å². The average molecular weight is 274 g/mol. The summed E-state index contributed by atoms with van der Waals surface area (Å²) in [5.74, 6) is 1.56. The molecule has 0 saturated heterocycles. The fourth-order valence-corrected chi connectivity index (χ4v) is 3.15. The predicted octanol–water partition coefficient (Wildman–Crippen LogP) is 3.68. The minimum Gasteiger partial charge on any atom is -0.474 e. The Hall–Kier alpha value is -1.09. The van der Waals surface area contributed by atoms with Crippen LogP contribution in [0.2, 0.25) is 0 Å². The van der Waals surface area contributed by atoms with Crippen molar-refractivity contribution in [3.63, 3.8) is 0 Å². The molecule has 20 heavy (non-hydrogen) atoms. The molecular weight excluding hydrogens is 248 g/mol. The third-order valence-electron chi connectivity index (χ3n) is 4.64. The van der Waals surface area contributed by atoms with Crippen LogP contribution in [0.5, 0.6) is 5.88 Å². The van der Waals surface area contributed by atoms with Gasteiger partial charge in [0.1, 0.15) is 6.10 Å². The second-order valence-electron chi connectivity index (χ2n) is 6.23. The van der Waals surface area contributed by atoms with Crippen LogP contribution < -0.4 is 10.1 Å². The lowest BCUT2D eigenvalue weighted by molar-refractivity contribution is 0.0846. The number of rotatable bonds is 6. The number of nitrogens with one attached hydrogen (secondary N) is 1. The Bertz CT molecular complexity index is 431. The summed E-state index contributed by atoms with van der Waals surface area (Å²) in [5, 5.41) is 3.56. The van der Waals surface area contributed by atoms with Crippen molar-refractivity contribution >= 4 is 0 Å². The first kappa shape index (κ1) is 13.9. The molecule has 0 bridgehead atoms. The van der Waals surface area contributed by atoms with Crippen LogP contribution in [0.3, 0.4) is 0 Å². The van der Waals surface area contributed by atoms with Crippen molar-refractivity contribution in [2.45, 2.75) is 70.6 Å². The molecule has 2 aliphatic rings. The molecule has 0 amide bonds. The summed E-state index contributed by atoms with van der Waals surface area (Å²) in [4.78, 5) is 4.48. The van der Waals surface area contributed by atoms with E-state index in [1.807, 2.05) is 12.3 Å². The molecule has 110 valence electrons. The van der Waals surface area contributed by atoms with Gasteiger partial charge in [0.15, 0.2) is 0 Å². The molecular formula is C17H26N2O. The molecule has 2 unspecified atom stereocenters. The minimum absolute atomic E-state index is 0.364. The lowest BCUT2D eigenvalue weighted by Gasteiger charge is -2.31. The Morgan fingerprint density at radius 1 is 1.25 bits per heavy atom. The molecule has 0 aromatic carbocycles. The largest absolute Gasteiger partial charge is 0.474 e. The summed E-state index contributed by atoms with van der Waals surface area (Å²) in [6, 6.07) is 4.87. The fraction of sp³-hybridized carbons (Fsp3) is 0.706. The SMILES string of the molecule is CCC1CCCCC1Oc1ncccc1CNC1CC1. The zero-order valence-electron chi connectivity index (χ0n) is 12.5. The first-order chi connectivity index (χ1) is 9.86. The van der Waals surface area contributed by atoms with Crippen LogP contribution >= 0.6 is 0 Å². The summed E-state index contributed by atoms with van der Waals surface area (Å²) in [7, 11) is 0. The molecule has 0 spiro atoms. The third kappa shape index (κ3) is 3.51. The molecule has 2 saturated carbocycles. The van der Waals surface area contributed by atoms with E-state index in [4.69, 9.17) is 4.74 Å². The van der Waals surface area contributed by atoms with Gasteiger partial charge in [0.2, 0.25) is 5.88 Å². The van der Waals surface area contributed by atoms with Crippen molar-refractivity contribution in [3.05, 3.63) is 23.9 Å². The smallest absolute Gasteiger partial charge is 0.218 e. The maximum absolute atomic E-state index is 6.29. The maximum atomic E-state index is 6.29. The van der Waals surface area contributed by atoms with Gasteiger partial charge in [0.25, 0.3) is 0 Å². The Kier molecular flexibility index (Phi) is 4.56. The van der Waals surface area contributed by atoms with Crippen molar-refractivity contribution in [3.8, 4) is 5.88 Å². The number of ether oxygens (including phenoxy) is 1. The maximum Gasteiger partial charge on any atom is 0.218 e. The van der Waals surface area contributed by atoms with Gasteiger partial charge in [-0.1, -0.05) is 19.4 Å². The number of aromatic nitrogens is 1. The van der Waals surface area contributed by atoms with Crippen molar-refractivity contribution in [1.29, 1.82) is 0 Å². The monoisotopic (exact) mass is 274 g/mol. The van der Waals surface area contributed by atoms with Crippen LogP contribution in [-0.4, -0.2) is 17.1 Å². The van der Waals surface area contributed by atoms with Crippen LogP contribution in [-0.2, 0) is 6.54 Å². The van der Waals surface area contributed by atoms with Crippen molar-refractivity contribution in [1.82, 2.24) is 10.3 Å². The predicted molar refractivity (Wildman–Crippen MR) is 80.8 cm³/mol. The Morgan fingerprint density at radius 2 is 2.10 bits per heavy atom. The Labute approximate surface area is 122 Å². The van der Waals surface area contributed by atoms with E-state index in [9.17, 15) is 0 Å². The molecule has 1 aromatic rings. The second kappa shape index (κ2) is 6.57. The van der Waals surface area contributed by atoms with Gasteiger partial charge in [-0.2, -0.15) is 0 Å². The van der Waals surface area contributed by atoms with E-state index in [0.29, 0.717) is 12.0 Å². The molecule has 1 aromatic heterocycles. The minimum atomic E-state index is 0.364. The van der Waals surface area contributed by atoms with Crippen LogP contribution in [0.4, 0.5) is 0 Å². The Morgan fingerprint density at radius 3 is 2.90 bits per heavy atom. The lowest BCUT2D eigenvalue weighted by atomic mass is 9.85. The zero-order chi connectivity index (χ0) is 13.8. The number of hydrogen-bond donors (Lipinski definition) is 1. The molecule has 1 heterocycles. The topological polar surface area (TPSA) is 34.1 Å². The van der Waals surface area contributed by atoms with Crippen molar-refractivity contribution in [2.75, 3.05) is 0 Å². The molecule has 3 heteroatoms. The first-order valence-corrected chi connectivity index (χ1v) is 8.20.